The van der Waals surface area contributed by atoms with E-state index in [-0.39, 0.29) is 18.6 Å². The van der Waals surface area contributed by atoms with Gasteiger partial charge in [0, 0.05) is 26.7 Å². The number of amides is 2. The molecule has 2 heterocycles. The topological polar surface area (TPSA) is 83.3 Å². The highest BCUT2D eigenvalue weighted by molar-refractivity contribution is 5.87. The van der Waals surface area contributed by atoms with Gasteiger partial charge in [-0.15, -0.1) is 5.10 Å². The third kappa shape index (κ3) is 2.79. The van der Waals surface area contributed by atoms with Crippen LogP contribution in [-0.2, 0) is 7.05 Å². The maximum absolute atomic E-state index is 12.0. The van der Waals surface area contributed by atoms with Gasteiger partial charge in [0.1, 0.15) is 5.82 Å². The number of piperidine rings is 1. The summed E-state index contributed by atoms with van der Waals surface area (Å²) in [7, 11) is 1.78. The first-order chi connectivity index (χ1) is 8.60. The first-order valence-electron chi connectivity index (χ1n) is 6.14. The lowest BCUT2D eigenvalue weighted by Gasteiger charge is -2.31. The van der Waals surface area contributed by atoms with Crippen LogP contribution in [0.4, 0.5) is 10.7 Å². The van der Waals surface area contributed by atoms with E-state index >= 15 is 0 Å². The lowest BCUT2D eigenvalue weighted by Crippen LogP contribution is -2.43. The van der Waals surface area contributed by atoms with E-state index < -0.39 is 0 Å². The largest absolute Gasteiger partial charge is 0.396 e. The molecule has 2 rings (SSSR count). The van der Waals surface area contributed by atoms with Crippen LogP contribution >= 0.6 is 0 Å². The Bertz CT molecular complexity index is 412. The molecule has 1 unspecified atom stereocenters. The number of carbonyl (C=O) groups excluding carboxylic acids is 1. The van der Waals surface area contributed by atoms with Crippen molar-refractivity contribution in [2.24, 2.45) is 13.0 Å². The Morgan fingerprint density at radius 3 is 3.00 bits per heavy atom. The van der Waals surface area contributed by atoms with Crippen LogP contribution in [0.2, 0.25) is 0 Å². The summed E-state index contributed by atoms with van der Waals surface area (Å²) in [5.41, 5.74) is 0. The maximum atomic E-state index is 12.0. The van der Waals surface area contributed by atoms with E-state index in [9.17, 15) is 4.79 Å². The fraction of sp³-hybridized carbons (Fsp3) is 0.727. The third-order valence-electron chi connectivity index (χ3n) is 3.26. The number of aliphatic hydroxyl groups is 1. The number of carbonyl (C=O) groups is 1. The average Bonchev–Trinajstić information content (AvgIpc) is 2.68. The number of anilines is 1. The molecule has 100 valence electrons. The summed E-state index contributed by atoms with van der Waals surface area (Å²) in [4.78, 5) is 17.8. The van der Waals surface area contributed by atoms with Crippen LogP contribution in [0.25, 0.3) is 0 Å². The number of nitrogens with one attached hydrogen (secondary N) is 1. The van der Waals surface area contributed by atoms with Crippen LogP contribution in [0.5, 0.6) is 0 Å². The van der Waals surface area contributed by atoms with Crippen molar-refractivity contribution in [1.82, 2.24) is 19.7 Å². The Morgan fingerprint density at radius 2 is 2.39 bits per heavy atom. The summed E-state index contributed by atoms with van der Waals surface area (Å²) in [5, 5.41) is 15.9. The molecule has 1 atom stereocenters. The molecule has 0 spiro atoms. The Labute approximate surface area is 106 Å². The number of aromatic nitrogens is 3. The van der Waals surface area contributed by atoms with Gasteiger partial charge in [0.05, 0.1) is 0 Å². The predicted molar refractivity (Wildman–Crippen MR) is 66.1 cm³/mol. The first-order valence-corrected chi connectivity index (χ1v) is 6.14. The van der Waals surface area contributed by atoms with Gasteiger partial charge in [-0.3, -0.25) is 10.00 Å². The smallest absolute Gasteiger partial charge is 0.324 e. The number of aryl methyl sites for hydroxylation is 2. The molecule has 0 aromatic carbocycles. The lowest BCUT2D eigenvalue weighted by molar-refractivity contribution is 0.136. The molecular formula is C11H19N5O2. The molecule has 1 saturated heterocycles. The van der Waals surface area contributed by atoms with Crippen molar-refractivity contribution in [1.29, 1.82) is 0 Å². The molecule has 1 aliphatic heterocycles. The van der Waals surface area contributed by atoms with Gasteiger partial charge in [0.25, 0.3) is 0 Å². The standard InChI is InChI=1S/C11H19N5O2/c1-8-12-10(14-15(8)2)13-11(18)16-5-3-4-9(6-16)7-17/h9,17H,3-7H2,1-2H3,(H,13,14,18). The molecule has 0 bridgehead atoms. The fourth-order valence-electron chi connectivity index (χ4n) is 2.09. The normalized spacial score (nSPS) is 19.9. The minimum Gasteiger partial charge on any atom is -0.396 e. The number of hydrogen-bond acceptors (Lipinski definition) is 4. The molecule has 1 aromatic heterocycles. The zero-order valence-corrected chi connectivity index (χ0v) is 10.8. The van der Waals surface area contributed by atoms with Crippen molar-refractivity contribution in [3.05, 3.63) is 5.82 Å². The SMILES string of the molecule is Cc1nc(NC(=O)N2CCCC(CO)C2)nn1C. The van der Waals surface area contributed by atoms with Gasteiger partial charge in [-0.05, 0) is 25.7 Å². The molecular weight excluding hydrogens is 234 g/mol. The highest BCUT2D eigenvalue weighted by atomic mass is 16.3. The van der Waals surface area contributed by atoms with E-state index in [1.54, 1.807) is 16.6 Å². The van der Waals surface area contributed by atoms with Gasteiger partial charge in [-0.2, -0.15) is 4.98 Å². The third-order valence-corrected chi connectivity index (χ3v) is 3.26. The minimum atomic E-state index is -0.196. The van der Waals surface area contributed by atoms with Gasteiger partial charge in [0.15, 0.2) is 0 Å². The van der Waals surface area contributed by atoms with Crippen LogP contribution in [0.15, 0.2) is 0 Å². The second-order valence-corrected chi connectivity index (χ2v) is 4.67. The van der Waals surface area contributed by atoms with E-state index in [0.29, 0.717) is 19.0 Å². The van der Waals surface area contributed by atoms with E-state index in [0.717, 1.165) is 18.7 Å². The maximum Gasteiger partial charge on any atom is 0.324 e. The van der Waals surface area contributed by atoms with Gasteiger partial charge in [0.2, 0.25) is 5.95 Å². The van der Waals surface area contributed by atoms with Crippen molar-refractivity contribution in [2.45, 2.75) is 19.8 Å². The van der Waals surface area contributed by atoms with Crippen LogP contribution in [0, 0.1) is 12.8 Å². The summed E-state index contributed by atoms with van der Waals surface area (Å²) >= 11 is 0. The quantitative estimate of drug-likeness (QED) is 0.797. The molecule has 7 heteroatoms. The number of aliphatic hydroxyl groups excluding tert-OH is 1. The van der Waals surface area contributed by atoms with Crippen LogP contribution in [-0.4, -0.2) is 50.5 Å². The van der Waals surface area contributed by atoms with E-state index in [1.807, 2.05) is 6.92 Å². The van der Waals surface area contributed by atoms with Crippen molar-refractivity contribution >= 4 is 12.0 Å². The summed E-state index contributed by atoms with van der Waals surface area (Å²) in [6, 6.07) is -0.196. The lowest BCUT2D eigenvalue weighted by atomic mass is 9.99. The van der Waals surface area contributed by atoms with Crippen molar-refractivity contribution in [2.75, 3.05) is 25.0 Å². The second kappa shape index (κ2) is 5.34. The first kappa shape index (κ1) is 12.8. The fourth-order valence-corrected chi connectivity index (χ4v) is 2.09. The molecule has 7 nitrogen and oxygen atoms in total. The highest BCUT2D eigenvalue weighted by Crippen LogP contribution is 2.16. The molecule has 0 saturated carbocycles. The van der Waals surface area contributed by atoms with Crippen LogP contribution in [0.1, 0.15) is 18.7 Å². The monoisotopic (exact) mass is 253 g/mol. The van der Waals surface area contributed by atoms with E-state index in [4.69, 9.17) is 5.11 Å². The van der Waals surface area contributed by atoms with Crippen LogP contribution in [0.3, 0.4) is 0 Å². The highest BCUT2D eigenvalue weighted by Gasteiger charge is 2.23. The van der Waals surface area contributed by atoms with Crippen molar-refractivity contribution in [3.63, 3.8) is 0 Å². The van der Waals surface area contributed by atoms with Gasteiger partial charge < -0.3 is 10.0 Å². The number of nitrogens with zero attached hydrogens (tertiary/aromatic N) is 4. The number of likely N-dealkylation sites (tertiary alicyclic amines) is 1. The Kier molecular flexibility index (Phi) is 3.81. The molecule has 1 aliphatic rings. The molecule has 1 fully saturated rings. The average molecular weight is 253 g/mol. The molecule has 18 heavy (non-hydrogen) atoms. The molecule has 0 radical (unpaired) electrons. The van der Waals surface area contributed by atoms with Crippen LogP contribution < -0.4 is 5.32 Å². The minimum absolute atomic E-state index is 0.130. The summed E-state index contributed by atoms with van der Waals surface area (Å²) in [5.74, 6) is 1.26. The second-order valence-electron chi connectivity index (χ2n) is 4.67. The molecule has 0 aliphatic carbocycles. The Morgan fingerprint density at radius 1 is 1.61 bits per heavy atom. The van der Waals surface area contributed by atoms with Gasteiger partial charge in [-0.1, -0.05) is 0 Å². The molecule has 1 aromatic rings. The van der Waals surface area contributed by atoms with Crippen molar-refractivity contribution in [3.8, 4) is 0 Å². The number of urea groups is 1. The van der Waals surface area contributed by atoms with Crippen molar-refractivity contribution < 1.29 is 9.90 Å². The number of rotatable bonds is 2. The van der Waals surface area contributed by atoms with E-state index in [1.165, 1.54) is 0 Å². The number of hydrogen-bond donors (Lipinski definition) is 2. The Balaban J connectivity index is 1.95. The molecule has 2 amide bonds. The van der Waals surface area contributed by atoms with Gasteiger partial charge >= 0.3 is 6.03 Å². The summed E-state index contributed by atoms with van der Waals surface area (Å²) in [6.07, 6.45) is 1.90. The summed E-state index contributed by atoms with van der Waals surface area (Å²) in [6.45, 7) is 3.26. The Hall–Kier alpha value is -1.63. The van der Waals surface area contributed by atoms with Gasteiger partial charge in [-0.25, -0.2) is 4.79 Å². The molecule has 2 N–H and O–H groups in total. The zero-order chi connectivity index (χ0) is 13.1. The predicted octanol–water partition coefficient (Wildman–Crippen LogP) is 0.360. The zero-order valence-electron chi connectivity index (χ0n) is 10.8. The van der Waals surface area contributed by atoms with E-state index in [2.05, 4.69) is 15.4 Å². The summed E-state index contributed by atoms with van der Waals surface area (Å²) < 4.78 is 1.61.